The molecule has 65 heavy (non-hydrogen) atoms. The molecule has 5 aromatic carbocycles. The van der Waals surface area contributed by atoms with E-state index in [2.05, 4.69) is 20.8 Å². The van der Waals surface area contributed by atoms with Crippen molar-refractivity contribution in [3.63, 3.8) is 0 Å². The lowest BCUT2D eigenvalue weighted by atomic mass is 9.78. The Balaban J connectivity index is 1.82. The van der Waals surface area contributed by atoms with E-state index in [0.29, 0.717) is 44.6 Å². The van der Waals surface area contributed by atoms with Crippen LogP contribution in [0.2, 0.25) is 0 Å². The second-order valence-corrected chi connectivity index (χ2v) is 21.4. The maximum absolute atomic E-state index is 13.3. The van der Waals surface area contributed by atoms with Gasteiger partial charge in [-0.15, -0.1) is 0 Å². The minimum atomic E-state index is -4.45. The van der Waals surface area contributed by atoms with Gasteiger partial charge >= 0.3 is 0 Å². The fourth-order valence-corrected chi connectivity index (χ4v) is 8.23. The number of phenols is 1. The minimum absolute atomic E-state index is 0.00410. The van der Waals surface area contributed by atoms with Gasteiger partial charge < -0.3 is 5.11 Å². The minimum Gasteiger partial charge on any atom is -0.507 e. The lowest BCUT2D eigenvalue weighted by Crippen LogP contribution is -2.22. The first-order valence-electron chi connectivity index (χ1n) is 33.2. The van der Waals surface area contributed by atoms with E-state index < -0.39 is 115 Å². The molecule has 0 aliphatic heterocycles. The predicted octanol–water partition coefficient (Wildman–Crippen LogP) is 16.9. The summed E-state index contributed by atoms with van der Waals surface area (Å²) in [7, 11) is 0. The van der Waals surface area contributed by atoms with Crippen molar-refractivity contribution in [3.05, 3.63) is 142 Å². The summed E-state index contributed by atoms with van der Waals surface area (Å²) in [5, 5.41) is 13.3. The topological polar surface area (TPSA) is 50.9 Å². The third-order valence-electron chi connectivity index (χ3n) is 11.9. The van der Waals surface area contributed by atoms with Gasteiger partial charge in [0.15, 0.2) is 0 Å². The summed E-state index contributed by atoms with van der Waals surface area (Å²) in [5.74, 6) is -2.38. The Kier molecular flexibility index (Phi) is 6.46. The molecule has 0 aliphatic rings. The largest absolute Gasteiger partial charge is 0.507 e. The van der Waals surface area contributed by atoms with Crippen molar-refractivity contribution >= 4 is 11.0 Å². The van der Waals surface area contributed by atoms with E-state index in [-0.39, 0.29) is 27.7 Å². The summed E-state index contributed by atoms with van der Waals surface area (Å²) in [5.41, 5.74) is -10.3. The third kappa shape index (κ3) is 9.33. The van der Waals surface area contributed by atoms with Crippen molar-refractivity contribution in [1.82, 2.24) is 14.5 Å². The van der Waals surface area contributed by atoms with Gasteiger partial charge in [-0.05, 0) is 120 Å². The van der Waals surface area contributed by atoms with Crippen LogP contribution in [0, 0.1) is 6.85 Å². The second kappa shape index (κ2) is 16.1. The molecule has 0 aliphatic carbocycles. The number of fused-ring (bicyclic) bond motifs is 1. The molecule has 340 valence electrons. The number of hydrogen-bond acceptors (Lipinski definition) is 3. The number of aromatic hydroxyl groups is 1. The Bertz CT molecular complexity index is 3640. The molecule has 0 amide bonds. The van der Waals surface area contributed by atoms with E-state index >= 15 is 0 Å². The van der Waals surface area contributed by atoms with E-state index in [4.69, 9.17) is 38.8 Å². The van der Waals surface area contributed by atoms with Crippen molar-refractivity contribution in [2.75, 3.05) is 0 Å². The first-order valence-corrected chi connectivity index (χ1v) is 21.7. The second-order valence-electron chi connectivity index (χ2n) is 21.4. The molecule has 1 N–H and O–H groups in total. The van der Waals surface area contributed by atoms with Crippen molar-refractivity contribution in [2.45, 2.75) is 164 Å². The number of nitrogens with zero attached hydrogens (tertiary/aromatic N) is 3. The SMILES string of the molecule is [2H]c1c(-c2nc3c(-c4cc(-c5cc(-c6ccc(C(C)(C)C)cc6)c(C([2H])([2H])[2H])cn5)cc(C(C)(C)C)c4)cccc3n2-c2c(C(C)(C)C)cccc2C(C)(C)C)c(O)c(C(C([2H])([2H])[2H])(C([2H])([2H])[2H])C([2H])([2H])[2H])c([2H])c1C(C([2H])([2H])[2H])(C([2H])([2H])[2H])C([2H])([2H])[2H]. The Labute approximate surface area is 423 Å². The summed E-state index contributed by atoms with van der Waals surface area (Å²) in [4.78, 5) is 9.91. The summed E-state index contributed by atoms with van der Waals surface area (Å²) in [6.45, 7) is -5.28. The summed E-state index contributed by atoms with van der Waals surface area (Å²) < 4.78 is 206. The van der Waals surface area contributed by atoms with Crippen molar-refractivity contribution in [1.29, 1.82) is 0 Å². The molecule has 0 spiro atoms. The first-order chi connectivity index (χ1) is 39.4. The number of aryl methyl sites for hydroxylation is 1. The predicted molar refractivity (Wildman–Crippen MR) is 279 cm³/mol. The Morgan fingerprint density at radius 3 is 1.69 bits per heavy atom. The summed E-state index contributed by atoms with van der Waals surface area (Å²) in [6, 6.07) is 21.7. The van der Waals surface area contributed by atoms with E-state index in [1.165, 1.54) is 10.8 Å². The fourth-order valence-electron chi connectivity index (χ4n) is 8.23. The van der Waals surface area contributed by atoms with Gasteiger partial charge in [-0.25, -0.2) is 4.98 Å². The maximum Gasteiger partial charge on any atom is 0.149 e. The van der Waals surface area contributed by atoms with Crippen LogP contribution in [-0.2, 0) is 32.5 Å². The number of para-hydroxylation sites is 2. The third-order valence-corrected chi connectivity index (χ3v) is 11.9. The highest BCUT2D eigenvalue weighted by Gasteiger charge is 2.33. The molecule has 0 fully saturated rings. The summed E-state index contributed by atoms with van der Waals surface area (Å²) in [6.07, 6.45) is 1.32. The molecule has 4 nitrogen and oxygen atoms in total. The molecule has 0 radical (unpaired) electrons. The van der Waals surface area contributed by atoms with Gasteiger partial charge in [0.2, 0.25) is 0 Å². The Morgan fingerprint density at radius 2 is 1.12 bits per heavy atom. The molecule has 4 heteroatoms. The van der Waals surface area contributed by atoms with E-state index in [1.54, 1.807) is 48.5 Å². The number of aromatic nitrogens is 3. The highest BCUT2D eigenvalue weighted by molar-refractivity contribution is 5.97. The van der Waals surface area contributed by atoms with Crippen LogP contribution in [-0.4, -0.2) is 19.6 Å². The van der Waals surface area contributed by atoms with Gasteiger partial charge in [0.1, 0.15) is 11.6 Å². The number of rotatable bonds is 5. The van der Waals surface area contributed by atoms with E-state index in [9.17, 15) is 7.85 Å². The van der Waals surface area contributed by atoms with Crippen LogP contribution in [0.25, 0.3) is 61.6 Å². The molecule has 0 bridgehead atoms. The van der Waals surface area contributed by atoms with Gasteiger partial charge in [-0.3, -0.25) is 9.55 Å². The molecular weight excluding hydrogens is 791 g/mol. The van der Waals surface area contributed by atoms with Crippen LogP contribution in [0.5, 0.6) is 5.75 Å². The molecule has 0 saturated carbocycles. The standard InChI is InChI=1S/C61H75N3O/c1-37-36-62-50(35-45(37)38-26-28-41(29-27-38)56(2,3)4)40-30-39(31-42(32-40)57(5,6)7)44-22-20-25-51-52(44)63-55(46-33-43(58(8,9)10)34-49(54(46)65)61(17,18)19)64(51)53-47(59(11,12)13)23-21-24-48(53)60(14,15)16/h20-36,65H,1-19H3/i1D3,8D3,9D3,10D3,17D3,18D3,19D3,33D,34D. The molecule has 7 aromatic rings. The van der Waals surface area contributed by atoms with E-state index in [1.807, 2.05) is 98.7 Å². The normalized spacial score (nSPS) is 19.8. The molecule has 0 saturated heterocycles. The lowest BCUT2D eigenvalue weighted by Gasteiger charge is -2.32. The Morgan fingerprint density at radius 1 is 0.523 bits per heavy atom. The van der Waals surface area contributed by atoms with Crippen LogP contribution in [0.15, 0.2) is 103 Å². The highest BCUT2D eigenvalue weighted by Crippen LogP contribution is 2.47. The van der Waals surface area contributed by atoms with Crippen LogP contribution >= 0.6 is 0 Å². The van der Waals surface area contributed by atoms with Crippen LogP contribution in [0.4, 0.5) is 0 Å². The molecular formula is C61H75N3O. The lowest BCUT2D eigenvalue weighted by molar-refractivity contribution is 0.446. The van der Waals surface area contributed by atoms with Gasteiger partial charge in [0, 0.05) is 51.7 Å². The van der Waals surface area contributed by atoms with Crippen molar-refractivity contribution in [3.8, 4) is 56.3 Å². The number of phenolic OH excluding ortho intramolecular Hbond substituents is 1. The van der Waals surface area contributed by atoms with Crippen molar-refractivity contribution < 1.29 is 36.6 Å². The molecule has 0 atom stereocenters. The zero-order valence-corrected chi connectivity index (χ0v) is 39.4. The first kappa shape index (κ1) is 26.0. The highest BCUT2D eigenvalue weighted by atomic mass is 16.3. The fraction of sp³-hybridized carbons (Fsp3) is 0.410. The molecule has 7 rings (SSSR count). The zero-order chi connectivity index (χ0) is 67.2. The van der Waals surface area contributed by atoms with Gasteiger partial charge in [0.25, 0.3) is 0 Å². The van der Waals surface area contributed by atoms with Gasteiger partial charge in [-0.1, -0.05) is 191 Å². The average Bonchev–Trinajstić information content (AvgIpc) is 0.789. The van der Waals surface area contributed by atoms with Crippen molar-refractivity contribution in [2.24, 2.45) is 0 Å². The zero-order valence-electron chi connectivity index (χ0n) is 62.4. The average molecular weight is 889 g/mol. The Hall–Kier alpha value is -5.48. The number of hydrogen-bond donors (Lipinski definition) is 1. The van der Waals surface area contributed by atoms with Crippen LogP contribution < -0.4 is 0 Å². The summed E-state index contributed by atoms with van der Waals surface area (Å²) >= 11 is 0. The molecule has 0 unspecified atom stereocenters. The quantitative estimate of drug-likeness (QED) is 0.187. The van der Waals surface area contributed by atoms with Crippen LogP contribution in [0.1, 0.15) is 195 Å². The monoisotopic (exact) mass is 889 g/mol. The number of imidazole rings is 1. The smallest absolute Gasteiger partial charge is 0.149 e. The molecule has 2 heterocycles. The number of pyridine rings is 1. The van der Waals surface area contributed by atoms with Crippen LogP contribution in [0.3, 0.4) is 0 Å². The van der Waals surface area contributed by atoms with E-state index in [0.717, 1.165) is 11.1 Å². The maximum atomic E-state index is 13.3. The van der Waals surface area contributed by atoms with Gasteiger partial charge in [-0.2, -0.15) is 0 Å². The number of benzene rings is 5. The molecule has 2 aromatic heterocycles. The van der Waals surface area contributed by atoms with Gasteiger partial charge in [0.05, 0.1) is 30.7 Å².